The van der Waals surface area contributed by atoms with Gasteiger partial charge in [-0.25, -0.2) is 4.98 Å². The van der Waals surface area contributed by atoms with Crippen LogP contribution in [0.5, 0.6) is 0 Å². The van der Waals surface area contributed by atoms with Crippen molar-refractivity contribution < 1.29 is 0 Å². The number of nitrogens with zero attached hydrogens (tertiary/aromatic N) is 1. The largest absolute Gasteiger partial charge is 0.310 e. The van der Waals surface area contributed by atoms with Crippen LogP contribution in [0.4, 0.5) is 0 Å². The topological polar surface area (TPSA) is 24.9 Å². The van der Waals surface area contributed by atoms with Gasteiger partial charge in [-0.2, -0.15) is 11.8 Å². The lowest BCUT2D eigenvalue weighted by atomic mass is 10.3. The molecular formula is C11H21ClN2S2. The van der Waals surface area contributed by atoms with Gasteiger partial charge in [0, 0.05) is 29.0 Å². The maximum Gasteiger partial charge on any atom is 0.0897 e. The van der Waals surface area contributed by atoms with Crippen molar-refractivity contribution >= 4 is 35.5 Å². The maximum absolute atomic E-state index is 4.41. The Kier molecular flexibility index (Phi) is 7.64. The second kappa shape index (κ2) is 7.54. The molecule has 0 fully saturated rings. The van der Waals surface area contributed by atoms with Gasteiger partial charge in [0.1, 0.15) is 0 Å². The minimum atomic E-state index is 0. The number of aryl methyl sites for hydroxylation is 1. The molecule has 16 heavy (non-hydrogen) atoms. The molecule has 0 radical (unpaired) electrons. The first-order valence-corrected chi connectivity index (χ1v) is 7.09. The molecule has 1 heterocycles. The third-order valence-corrected chi connectivity index (χ3v) is 3.88. The Morgan fingerprint density at radius 1 is 1.44 bits per heavy atom. The second-order valence-corrected chi connectivity index (χ2v) is 7.48. The highest BCUT2D eigenvalue weighted by Crippen LogP contribution is 2.22. The number of nitrogens with one attached hydrogen (secondary N) is 1. The zero-order chi connectivity index (χ0) is 11.3. The number of hydrogen-bond acceptors (Lipinski definition) is 4. The minimum absolute atomic E-state index is 0. The minimum Gasteiger partial charge on any atom is -0.310 e. The Bertz CT molecular complexity index is 294. The molecule has 0 spiro atoms. The van der Waals surface area contributed by atoms with Gasteiger partial charge in [-0.1, -0.05) is 20.8 Å². The number of thiazole rings is 1. The van der Waals surface area contributed by atoms with Crippen molar-refractivity contribution in [3.63, 3.8) is 0 Å². The van der Waals surface area contributed by atoms with E-state index in [0.29, 0.717) is 4.75 Å². The molecule has 0 amide bonds. The zero-order valence-electron chi connectivity index (χ0n) is 10.4. The van der Waals surface area contributed by atoms with Crippen molar-refractivity contribution in [1.82, 2.24) is 10.3 Å². The number of thioether (sulfide) groups is 1. The van der Waals surface area contributed by atoms with Crippen LogP contribution in [0.15, 0.2) is 5.38 Å². The molecule has 0 aliphatic carbocycles. The van der Waals surface area contributed by atoms with E-state index in [2.05, 4.69) is 36.5 Å². The van der Waals surface area contributed by atoms with Gasteiger partial charge < -0.3 is 5.32 Å². The van der Waals surface area contributed by atoms with Gasteiger partial charge >= 0.3 is 0 Å². The van der Waals surface area contributed by atoms with Gasteiger partial charge in [0.05, 0.1) is 10.7 Å². The molecule has 0 atom stereocenters. The first-order chi connectivity index (χ1) is 6.97. The van der Waals surface area contributed by atoms with Crippen LogP contribution in [0.3, 0.4) is 0 Å². The quantitative estimate of drug-likeness (QED) is 0.836. The van der Waals surface area contributed by atoms with Crippen LogP contribution >= 0.6 is 35.5 Å². The van der Waals surface area contributed by atoms with Crippen molar-refractivity contribution in [2.24, 2.45) is 0 Å². The summed E-state index contributed by atoms with van der Waals surface area (Å²) in [7, 11) is 0. The van der Waals surface area contributed by atoms with Gasteiger partial charge in [-0.15, -0.1) is 23.7 Å². The number of aromatic nitrogens is 1. The Morgan fingerprint density at radius 3 is 2.62 bits per heavy atom. The summed E-state index contributed by atoms with van der Waals surface area (Å²) in [6.45, 7) is 10.8. The van der Waals surface area contributed by atoms with Crippen LogP contribution in [-0.4, -0.2) is 22.0 Å². The van der Waals surface area contributed by atoms with E-state index in [4.69, 9.17) is 0 Å². The molecule has 1 rings (SSSR count). The molecule has 0 saturated carbocycles. The first kappa shape index (κ1) is 16.2. The van der Waals surface area contributed by atoms with Gasteiger partial charge in [0.15, 0.2) is 0 Å². The highest BCUT2D eigenvalue weighted by atomic mass is 35.5. The Balaban J connectivity index is 0.00000225. The molecule has 5 heteroatoms. The fourth-order valence-electron chi connectivity index (χ4n) is 1.14. The predicted molar refractivity (Wildman–Crippen MR) is 78.0 cm³/mol. The molecule has 1 N–H and O–H groups in total. The molecule has 0 bridgehead atoms. The van der Waals surface area contributed by atoms with Gasteiger partial charge in [-0.05, 0) is 6.92 Å². The Hall–Kier alpha value is 0.230. The van der Waals surface area contributed by atoms with Crippen molar-refractivity contribution in [3.8, 4) is 0 Å². The lowest BCUT2D eigenvalue weighted by molar-refractivity contribution is 0.713. The van der Waals surface area contributed by atoms with Gasteiger partial charge in [0.25, 0.3) is 0 Å². The second-order valence-electron chi connectivity index (χ2n) is 4.50. The highest BCUT2D eigenvalue weighted by Gasteiger charge is 2.09. The molecule has 1 aromatic rings. The SMILES string of the molecule is Cc1nc(CNCCSC(C)(C)C)cs1.Cl. The van der Waals surface area contributed by atoms with E-state index < -0.39 is 0 Å². The van der Waals surface area contributed by atoms with Gasteiger partial charge in [0.2, 0.25) is 0 Å². The molecule has 94 valence electrons. The fourth-order valence-corrected chi connectivity index (χ4v) is 2.61. The van der Waals surface area contributed by atoms with Crippen LogP contribution in [0, 0.1) is 6.92 Å². The van der Waals surface area contributed by atoms with E-state index in [1.165, 1.54) is 5.69 Å². The Morgan fingerprint density at radius 2 is 2.12 bits per heavy atom. The number of rotatable bonds is 5. The van der Waals surface area contributed by atoms with Crippen LogP contribution in [0.25, 0.3) is 0 Å². The smallest absolute Gasteiger partial charge is 0.0897 e. The van der Waals surface area contributed by atoms with Crippen molar-refractivity contribution in [2.75, 3.05) is 12.3 Å². The van der Waals surface area contributed by atoms with Crippen molar-refractivity contribution in [1.29, 1.82) is 0 Å². The number of hydrogen-bond donors (Lipinski definition) is 1. The third-order valence-electron chi connectivity index (χ3n) is 1.79. The number of halogens is 1. The standard InChI is InChI=1S/C11H20N2S2.ClH/c1-9-13-10(8-14-9)7-12-5-6-15-11(2,3)4;/h8,12H,5-7H2,1-4H3;1H. The van der Waals surface area contributed by atoms with Crippen LogP contribution in [0.1, 0.15) is 31.5 Å². The molecule has 0 aliphatic rings. The van der Waals surface area contributed by atoms with Crippen molar-refractivity contribution in [3.05, 3.63) is 16.1 Å². The van der Waals surface area contributed by atoms with E-state index in [1.54, 1.807) is 11.3 Å². The summed E-state index contributed by atoms with van der Waals surface area (Å²) in [4.78, 5) is 4.41. The lowest BCUT2D eigenvalue weighted by Crippen LogP contribution is -2.19. The van der Waals surface area contributed by atoms with Crippen molar-refractivity contribution in [2.45, 2.75) is 39.0 Å². The van der Waals surface area contributed by atoms with E-state index in [-0.39, 0.29) is 12.4 Å². The van der Waals surface area contributed by atoms with E-state index >= 15 is 0 Å². The summed E-state index contributed by atoms with van der Waals surface area (Å²) in [5.74, 6) is 1.16. The zero-order valence-corrected chi connectivity index (χ0v) is 12.8. The summed E-state index contributed by atoms with van der Waals surface area (Å²) < 4.78 is 0.374. The van der Waals surface area contributed by atoms with E-state index in [9.17, 15) is 0 Å². The fraction of sp³-hybridized carbons (Fsp3) is 0.727. The van der Waals surface area contributed by atoms with Crippen LogP contribution in [0.2, 0.25) is 0 Å². The van der Waals surface area contributed by atoms with Crippen LogP contribution < -0.4 is 5.32 Å². The molecular weight excluding hydrogens is 260 g/mol. The van der Waals surface area contributed by atoms with Gasteiger partial charge in [-0.3, -0.25) is 0 Å². The summed E-state index contributed by atoms with van der Waals surface area (Å²) in [6.07, 6.45) is 0. The summed E-state index contributed by atoms with van der Waals surface area (Å²) >= 11 is 3.71. The predicted octanol–water partition coefficient (Wildman–Crippen LogP) is 3.49. The highest BCUT2D eigenvalue weighted by molar-refractivity contribution is 8.00. The molecule has 2 nitrogen and oxygen atoms in total. The van der Waals surface area contributed by atoms with Crippen LogP contribution in [-0.2, 0) is 6.54 Å². The molecule has 0 aromatic carbocycles. The molecule has 0 unspecified atom stereocenters. The average Bonchev–Trinajstić information content (AvgIpc) is 2.49. The lowest BCUT2D eigenvalue weighted by Gasteiger charge is -2.17. The first-order valence-electron chi connectivity index (χ1n) is 5.23. The summed E-state index contributed by atoms with van der Waals surface area (Å²) in [5.41, 5.74) is 1.17. The molecule has 0 aliphatic heterocycles. The average molecular weight is 281 g/mol. The summed E-state index contributed by atoms with van der Waals surface area (Å²) in [6, 6.07) is 0. The third kappa shape index (κ3) is 7.49. The molecule has 1 aromatic heterocycles. The van der Waals surface area contributed by atoms with E-state index in [1.807, 2.05) is 18.7 Å². The molecule has 0 saturated heterocycles. The summed E-state index contributed by atoms with van der Waals surface area (Å²) in [5, 5.41) is 6.68. The normalized spacial score (nSPS) is 11.2. The maximum atomic E-state index is 4.41. The monoisotopic (exact) mass is 280 g/mol. The Labute approximate surface area is 113 Å². The van der Waals surface area contributed by atoms with E-state index in [0.717, 1.165) is 23.8 Å².